The predicted molar refractivity (Wildman–Crippen MR) is 62.1 cm³/mol. The van der Waals surface area contributed by atoms with Crippen LogP contribution in [0.2, 0.25) is 0 Å². The normalized spacial score (nSPS) is 10.6. The van der Waals surface area contributed by atoms with Gasteiger partial charge in [0, 0.05) is 18.3 Å². The largest absolute Gasteiger partial charge is 0.269 e. The van der Waals surface area contributed by atoms with Gasteiger partial charge in [-0.1, -0.05) is 0 Å². The van der Waals surface area contributed by atoms with E-state index in [2.05, 4.69) is 10.1 Å². The van der Waals surface area contributed by atoms with E-state index in [1.165, 1.54) is 4.68 Å². The summed E-state index contributed by atoms with van der Waals surface area (Å²) in [6.07, 6.45) is 0. The molecule has 0 aliphatic rings. The lowest BCUT2D eigenvalue weighted by atomic mass is 10.1. The van der Waals surface area contributed by atoms with E-state index in [-0.39, 0.29) is 5.56 Å². The minimum absolute atomic E-state index is 0.186. The Bertz CT molecular complexity index is 608. The van der Waals surface area contributed by atoms with Gasteiger partial charge in [0.1, 0.15) is 0 Å². The van der Waals surface area contributed by atoms with Crippen LogP contribution in [0.3, 0.4) is 0 Å². The standard InChI is InChI=1S/C12H12FN3O/c1-7-6-10(15-16(3)12(7)17)9-5-4-8(2)14-11(9)13/h4-6H,1-3H3. The van der Waals surface area contributed by atoms with Gasteiger partial charge in [-0.15, -0.1) is 0 Å². The van der Waals surface area contributed by atoms with Crippen molar-refractivity contribution in [3.8, 4) is 11.3 Å². The molecule has 0 spiro atoms. The highest BCUT2D eigenvalue weighted by atomic mass is 19.1. The molecule has 0 aromatic carbocycles. The second-order valence-electron chi connectivity index (χ2n) is 3.93. The van der Waals surface area contributed by atoms with Crippen molar-refractivity contribution in [3.63, 3.8) is 0 Å². The molecule has 17 heavy (non-hydrogen) atoms. The van der Waals surface area contributed by atoms with Crippen molar-refractivity contribution in [1.82, 2.24) is 14.8 Å². The van der Waals surface area contributed by atoms with Crippen molar-refractivity contribution >= 4 is 0 Å². The highest BCUT2D eigenvalue weighted by molar-refractivity contribution is 5.58. The van der Waals surface area contributed by atoms with Crippen LogP contribution in [0.25, 0.3) is 11.3 Å². The molecule has 0 N–H and O–H groups in total. The van der Waals surface area contributed by atoms with Gasteiger partial charge in [0.25, 0.3) is 5.56 Å². The van der Waals surface area contributed by atoms with E-state index in [0.717, 1.165) is 0 Å². The third-order valence-electron chi connectivity index (χ3n) is 2.51. The number of hydrogen-bond donors (Lipinski definition) is 0. The third kappa shape index (κ3) is 2.08. The van der Waals surface area contributed by atoms with Crippen molar-refractivity contribution in [2.75, 3.05) is 0 Å². The van der Waals surface area contributed by atoms with E-state index in [9.17, 15) is 9.18 Å². The van der Waals surface area contributed by atoms with Crippen molar-refractivity contribution in [2.24, 2.45) is 7.05 Å². The molecule has 2 heterocycles. The Labute approximate surface area is 97.7 Å². The van der Waals surface area contributed by atoms with Crippen LogP contribution in [-0.4, -0.2) is 14.8 Å². The van der Waals surface area contributed by atoms with E-state index in [1.807, 2.05) is 0 Å². The quantitative estimate of drug-likeness (QED) is 0.703. The Balaban J connectivity index is 2.65. The molecule has 0 saturated heterocycles. The number of pyridine rings is 1. The first kappa shape index (κ1) is 11.4. The fourth-order valence-corrected chi connectivity index (χ4v) is 1.61. The lowest BCUT2D eigenvalue weighted by Crippen LogP contribution is -2.22. The summed E-state index contributed by atoms with van der Waals surface area (Å²) in [5, 5.41) is 4.02. The average molecular weight is 233 g/mol. The first-order chi connectivity index (χ1) is 7.99. The lowest BCUT2D eigenvalue weighted by molar-refractivity contribution is 0.581. The molecule has 0 unspecified atom stereocenters. The molecule has 2 aromatic heterocycles. The number of halogens is 1. The Morgan fingerprint density at radius 1 is 1.29 bits per heavy atom. The molecule has 0 atom stereocenters. The van der Waals surface area contributed by atoms with Crippen LogP contribution in [0.15, 0.2) is 23.0 Å². The van der Waals surface area contributed by atoms with Gasteiger partial charge in [-0.05, 0) is 32.0 Å². The van der Waals surface area contributed by atoms with Gasteiger partial charge in [-0.2, -0.15) is 9.49 Å². The fourth-order valence-electron chi connectivity index (χ4n) is 1.61. The SMILES string of the molecule is Cc1ccc(-c2cc(C)c(=O)n(C)n2)c(F)n1. The van der Waals surface area contributed by atoms with Crippen molar-refractivity contribution < 1.29 is 4.39 Å². The molecule has 0 aliphatic heterocycles. The lowest BCUT2D eigenvalue weighted by Gasteiger charge is -2.06. The Kier molecular flexibility index (Phi) is 2.75. The van der Waals surface area contributed by atoms with Gasteiger partial charge >= 0.3 is 0 Å². The molecule has 2 aromatic rings. The van der Waals surface area contributed by atoms with Gasteiger partial charge in [0.15, 0.2) is 0 Å². The highest BCUT2D eigenvalue weighted by Crippen LogP contribution is 2.19. The monoisotopic (exact) mass is 233 g/mol. The predicted octanol–water partition coefficient (Wildman–Crippen LogP) is 1.60. The molecule has 0 radical (unpaired) electrons. The molecule has 2 rings (SSSR count). The van der Waals surface area contributed by atoms with E-state index in [0.29, 0.717) is 22.5 Å². The first-order valence-corrected chi connectivity index (χ1v) is 5.17. The number of hydrogen-bond acceptors (Lipinski definition) is 3. The van der Waals surface area contributed by atoms with E-state index < -0.39 is 5.95 Å². The maximum atomic E-state index is 13.7. The zero-order valence-corrected chi connectivity index (χ0v) is 9.86. The summed E-state index contributed by atoms with van der Waals surface area (Å²) in [6.45, 7) is 3.39. The summed E-state index contributed by atoms with van der Waals surface area (Å²) in [4.78, 5) is 15.2. The zero-order chi connectivity index (χ0) is 12.6. The Morgan fingerprint density at radius 2 is 2.00 bits per heavy atom. The fraction of sp³-hybridized carbons (Fsp3) is 0.250. The summed E-state index contributed by atoms with van der Waals surface area (Å²) in [5.74, 6) is -0.574. The zero-order valence-electron chi connectivity index (χ0n) is 9.86. The summed E-state index contributed by atoms with van der Waals surface area (Å²) in [5.41, 5.74) is 1.66. The van der Waals surface area contributed by atoms with E-state index in [1.54, 1.807) is 39.1 Å². The smallest absolute Gasteiger partial charge is 0.268 e. The maximum Gasteiger partial charge on any atom is 0.269 e. The second-order valence-corrected chi connectivity index (χ2v) is 3.93. The first-order valence-electron chi connectivity index (χ1n) is 5.17. The summed E-state index contributed by atoms with van der Waals surface area (Å²) in [7, 11) is 1.54. The molecular weight excluding hydrogens is 221 g/mol. The summed E-state index contributed by atoms with van der Waals surface area (Å²) >= 11 is 0. The van der Waals surface area contributed by atoms with Crippen LogP contribution in [0.1, 0.15) is 11.3 Å². The van der Waals surface area contributed by atoms with Crippen LogP contribution >= 0.6 is 0 Å². The molecular formula is C12H12FN3O. The molecule has 0 amide bonds. The van der Waals surface area contributed by atoms with Crippen LogP contribution in [0.5, 0.6) is 0 Å². The van der Waals surface area contributed by atoms with E-state index >= 15 is 0 Å². The van der Waals surface area contributed by atoms with Crippen LogP contribution in [0, 0.1) is 19.8 Å². The number of nitrogens with zero attached hydrogens (tertiary/aromatic N) is 3. The van der Waals surface area contributed by atoms with Crippen molar-refractivity contribution in [3.05, 3.63) is 45.8 Å². The van der Waals surface area contributed by atoms with Gasteiger partial charge in [-0.25, -0.2) is 9.67 Å². The van der Waals surface area contributed by atoms with Crippen LogP contribution in [-0.2, 0) is 7.05 Å². The number of rotatable bonds is 1. The van der Waals surface area contributed by atoms with Crippen molar-refractivity contribution in [1.29, 1.82) is 0 Å². The Hall–Kier alpha value is -2.04. The van der Waals surface area contributed by atoms with Crippen molar-refractivity contribution in [2.45, 2.75) is 13.8 Å². The molecule has 0 bridgehead atoms. The molecule has 0 aliphatic carbocycles. The molecule has 0 fully saturated rings. The topological polar surface area (TPSA) is 47.8 Å². The van der Waals surface area contributed by atoms with Gasteiger partial charge < -0.3 is 0 Å². The maximum absolute atomic E-state index is 13.7. The summed E-state index contributed by atoms with van der Waals surface area (Å²) in [6, 6.07) is 4.89. The third-order valence-corrected chi connectivity index (χ3v) is 2.51. The van der Waals surface area contributed by atoms with Crippen LogP contribution < -0.4 is 5.56 Å². The number of aromatic nitrogens is 3. The minimum atomic E-state index is -0.574. The molecule has 4 nitrogen and oxygen atoms in total. The van der Waals surface area contributed by atoms with Gasteiger partial charge in [0.05, 0.1) is 11.3 Å². The molecule has 88 valence electrons. The van der Waals surface area contributed by atoms with Crippen LogP contribution in [0.4, 0.5) is 4.39 Å². The minimum Gasteiger partial charge on any atom is -0.268 e. The Morgan fingerprint density at radius 3 is 2.59 bits per heavy atom. The van der Waals surface area contributed by atoms with E-state index in [4.69, 9.17) is 0 Å². The second kappa shape index (κ2) is 4.08. The highest BCUT2D eigenvalue weighted by Gasteiger charge is 2.10. The van der Waals surface area contributed by atoms with Gasteiger partial charge in [0.2, 0.25) is 5.95 Å². The molecule has 5 heteroatoms. The van der Waals surface area contributed by atoms with Gasteiger partial charge in [-0.3, -0.25) is 4.79 Å². The average Bonchev–Trinajstić information content (AvgIpc) is 2.25. The number of aryl methyl sites for hydroxylation is 3. The summed E-state index contributed by atoms with van der Waals surface area (Å²) < 4.78 is 14.9. The molecule has 0 saturated carbocycles.